The maximum atomic E-state index is 13.1. The van der Waals surface area contributed by atoms with E-state index in [2.05, 4.69) is 10.5 Å². The molecule has 9 nitrogen and oxygen atoms in total. The highest BCUT2D eigenvalue weighted by Crippen LogP contribution is 2.33. The molecule has 174 valence electrons. The molecule has 0 unspecified atom stereocenters. The second kappa shape index (κ2) is 10.5. The summed E-state index contributed by atoms with van der Waals surface area (Å²) in [7, 11) is 4.50. The fourth-order valence-corrected chi connectivity index (χ4v) is 3.50. The molecule has 9 heteroatoms. The summed E-state index contributed by atoms with van der Waals surface area (Å²) in [5.74, 6) is 0.186. The molecule has 1 amide bonds. The number of carbonyl (C=O) groups is 1. The zero-order valence-corrected chi connectivity index (χ0v) is 19.0. The molecular weight excluding hydrogens is 426 g/mol. The van der Waals surface area contributed by atoms with Crippen molar-refractivity contribution in [3.63, 3.8) is 0 Å². The van der Waals surface area contributed by atoms with Gasteiger partial charge in [-0.25, -0.2) is 5.43 Å². The number of carbonyl (C=O) groups excluding carboxylic acids is 1. The van der Waals surface area contributed by atoms with E-state index in [4.69, 9.17) is 14.2 Å². The van der Waals surface area contributed by atoms with Crippen molar-refractivity contribution in [3.8, 4) is 23.0 Å². The van der Waals surface area contributed by atoms with Crippen LogP contribution >= 0.6 is 0 Å². The van der Waals surface area contributed by atoms with E-state index in [0.29, 0.717) is 40.3 Å². The molecule has 33 heavy (non-hydrogen) atoms. The van der Waals surface area contributed by atoms with Gasteiger partial charge >= 0.3 is 0 Å². The lowest BCUT2D eigenvalue weighted by Gasteiger charge is -2.14. The monoisotopic (exact) mass is 453 g/mol. The molecule has 2 aromatic carbocycles. The van der Waals surface area contributed by atoms with Crippen molar-refractivity contribution in [3.05, 3.63) is 57.9 Å². The molecule has 2 N–H and O–H groups in total. The molecule has 0 radical (unpaired) electrons. The molecule has 0 aliphatic heterocycles. The minimum atomic E-state index is -0.816. The van der Waals surface area contributed by atoms with E-state index in [0.717, 1.165) is 12.8 Å². The predicted molar refractivity (Wildman–Crippen MR) is 126 cm³/mol. The smallest absolute Gasteiger partial charge is 0.280 e. The lowest BCUT2D eigenvalue weighted by Crippen LogP contribution is -2.31. The Hall–Kier alpha value is -4.01. The number of nitrogens with one attached hydrogen (secondary N) is 1. The summed E-state index contributed by atoms with van der Waals surface area (Å²) in [6.45, 7) is 2.45. The van der Waals surface area contributed by atoms with E-state index in [-0.39, 0.29) is 11.3 Å². The van der Waals surface area contributed by atoms with Crippen LogP contribution < -0.4 is 25.2 Å². The minimum absolute atomic E-state index is 0.360. The molecular formula is C24H27N3O6. The Kier molecular flexibility index (Phi) is 7.55. The fraction of sp³-hybridized carbons (Fsp3) is 0.292. The van der Waals surface area contributed by atoms with E-state index >= 15 is 0 Å². The van der Waals surface area contributed by atoms with Crippen molar-refractivity contribution in [1.82, 2.24) is 9.99 Å². The number of hydrogen-bond acceptors (Lipinski definition) is 7. The van der Waals surface area contributed by atoms with Crippen LogP contribution in [0, 0.1) is 0 Å². The maximum Gasteiger partial charge on any atom is 0.280 e. The van der Waals surface area contributed by atoms with Gasteiger partial charge in [-0.3, -0.25) is 9.59 Å². The lowest BCUT2D eigenvalue weighted by molar-refractivity contribution is 0.0950. The summed E-state index contributed by atoms with van der Waals surface area (Å²) in [5, 5.41) is 15.1. The third-order valence-corrected chi connectivity index (χ3v) is 5.21. The number of para-hydroxylation sites is 1. The van der Waals surface area contributed by atoms with Crippen LogP contribution in [0.25, 0.3) is 10.9 Å². The molecule has 0 bridgehead atoms. The van der Waals surface area contributed by atoms with Gasteiger partial charge in [-0.2, -0.15) is 5.10 Å². The second-order valence-corrected chi connectivity index (χ2v) is 7.20. The molecule has 1 aromatic heterocycles. The summed E-state index contributed by atoms with van der Waals surface area (Å²) >= 11 is 0. The van der Waals surface area contributed by atoms with Crippen molar-refractivity contribution in [2.45, 2.75) is 26.3 Å². The highest BCUT2D eigenvalue weighted by Gasteiger charge is 2.22. The van der Waals surface area contributed by atoms with Gasteiger partial charge in [0.1, 0.15) is 17.1 Å². The van der Waals surface area contributed by atoms with E-state index in [1.54, 1.807) is 36.4 Å². The number of ether oxygens (including phenoxy) is 3. The summed E-state index contributed by atoms with van der Waals surface area (Å²) < 4.78 is 17.4. The van der Waals surface area contributed by atoms with Crippen LogP contribution in [0.15, 0.2) is 46.3 Å². The Morgan fingerprint density at radius 1 is 1.09 bits per heavy atom. The number of aromatic nitrogens is 1. The number of unbranched alkanes of at least 4 members (excludes halogenated alkanes) is 1. The molecule has 0 saturated heterocycles. The van der Waals surface area contributed by atoms with Gasteiger partial charge in [0.2, 0.25) is 0 Å². The first-order valence-electron chi connectivity index (χ1n) is 10.4. The molecule has 3 aromatic rings. The molecule has 0 saturated carbocycles. The van der Waals surface area contributed by atoms with Gasteiger partial charge in [-0.15, -0.1) is 0 Å². The van der Waals surface area contributed by atoms with Gasteiger partial charge in [0.05, 0.1) is 33.1 Å². The van der Waals surface area contributed by atoms with Crippen LogP contribution in [0.3, 0.4) is 0 Å². The number of pyridine rings is 1. The van der Waals surface area contributed by atoms with Gasteiger partial charge in [-0.1, -0.05) is 25.5 Å². The SMILES string of the molecule is CCCCn1c(=O)c(C(=O)N/N=C/c2cc(OC)c(OC)cc2OC)c(O)c2ccccc21. The van der Waals surface area contributed by atoms with E-state index in [1.165, 1.54) is 32.1 Å². The Morgan fingerprint density at radius 2 is 1.76 bits per heavy atom. The highest BCUT2D eigenvalue weighted by molar-refractivity contribution is 6.02. The fourth-order valence-electron chi connectivity index (χ4n) is 3.50. The van der Waals surface area contributed by atoms with Gasteiger partial charge in [0.25, 0.3) is 11.5 Å². The second-order valence-electron chi connectivity index (χ2n) is 7.20. The summed E-state index contributed by atoms with van der Waals surface area (Å²) in [4.78, 5) is 25.9. The average molecular weight is 453 g/mol. The number of benzene rings is 2. The molecule has 0 aliphatic rings. The van der Waals surface area contributed by atoms with Crippen LogP contribution in [0.2, 0.25) is 0 Å². The first kappa shape index (κ1) is 23.6. The molecule has 3 rings (SSSR count). The van der Waals surface area contributed by atoms with Crippen LogP contribution in [0.1, 0.15) is 35.7 Å². The largest absolute Gasteiger partial charge is 0.506 e. The lowest BCUT2D eigenvalue weighted by atomic mass is 10.1. The molecule has 0 spiro atoms. The summed E-state index contributed by atoms with van der Waals surface area (Å²) in [5.41, 5.74) is 2.48. The number of hydrazone groups is 1. The molecule has 0 fully saturated rings. The number of fused-ring (bicyclic) bond motifs is 1. The van der Waals surface area contributed by atoms with Gasteiger partial charge < -0.3 is 23.9 Å². The average Bonchev–Trinajstić information content (AvgIpc) is 2.83. The van der Waals surface area contributed by atoms with Crippen molar-refractivity contribution in [2.24, 2.45) is 5.10 Å². The molecule has 0 atom stereocenters. The number of amides is 1. The Labute approximate surface area is 191 Å². The minimum Gasteiger partial charge on any atom is -0.506 e. The van der Waals surface area contributed by atoms with E-state index in [9.17, 15) is 14.7 Å². The topological polar surface area (TPSA) is 111 Å². The highest BCUT2D eigenvalue weighted by atomic mass is 16.5. The number of aromatic hydroxyl groups is 1. The molecule has 1 heterocycles. The van der Waals surface area contributed by atoms with Crippen LogP contribution in [0.4, 0.5) is 0 Å². The third kappa shape index (κ3) is 4.77. The van der Waals surface area contributed by atoms with Crippen LogP contribution in [-0.2, 0) is 6.54 Å². The normalized spacial score (nSPS) is 11.0. The number of hydrogen-bond donors (Lipinski definition) is 2. The van der Waals surface area contributed by atoms with Gasteiger partial charge in [-0.05, 0) is 24.6 Å². The third-order valence-electron chi connectivity index (χ3n) is 5.21. The number of aryl methyl sites for hydroxylation is 1. The first-order valence-corrected chi connectivity index (χ1v) is 10.4. The van der Waals surface area contributed by atoms with E-state index < -0.39 is 11.5 Å². The van der Waals surface area contributed by atoms with Crippen molar-refractivity contribution in [2.75, 3.05) is 21.3 Å². The van der Waals surface area contributed by atoms with Crippen molar-refractivity contribution in [1.29, 1.82) is 0 Å². The maximum absolute atomic E-state index is 13.1. The Balaban J connectivity index is 1.96. The van der Waals surface area contributed by atoms with Crippen molar-refractivity contribution < 1.29 is 24.1 Å². The summed E-state index contributed by atoms with van der Waals surface area (Å²) in [6, 6.07) is 10.2. The van der Waals surface area contributed by atoms with Crippen molar-refractivity contribution >= 4 is 23.0 Å². The number of methoxy groups -OCH3 is 3. The van der Waals surface area contributed by atoms with E-state index in [1.807, 2.05) is 6.92 Å². The quantitative estimate of drug-likeness (QED) is 0.380. The summed E-state index contributed by atoms with van der Waals surface area (Å²) in [6.07, 6.45) is 2.99. The van der Waals surface area contributed by atoms with Gasteiger partial charge in [0, 0.05) is 23.6 Å². The number of rotatable bonds is 9. The zero-order chi connectivity index (χ0) is 24.0. The Bertz CT molecular complexity index is 1250. The number of nitrogens with zero attached hydrogens (tertiary/aromatic N) is 2. The zero-order valence-electron chi connectivity index (χ0n) is 19.0. The standard InChI is InChI=1S/C24H27N3O6/c1-5-6-11-27-17-10-8-7-9-16(17)22(28)21(24(27)30)23(29)26-25-14-15-12-19(32-3)20(33-4)13-18(15)31-2/h7-10,12-14,28H,5-6,11H2,1-4H3,(H,26,29)/b25-14+. The predicted octanol–water partition coefficient (Wildman–Crippen LogP) is 3.30. The molecule has 0 aliphatic carbocycles. The first-order chi connectivity index (χ1) is 16.0. The Morgan fingerprint density at radius 3 is 2.42 bits per heavy atom. The van der Waals surface area contributed by atoms with Crippen LogP contribution in [-0.4, -0.2) is 43.1 Å². The van der Waals surface area contributed by atoms with Gasteiger partial charge in [0.15, 0.2) is 11.5 Å². The van der Waals surface area contributed by atoms with Crippen LogP contribution in [0.5, 0.6) is 23.0 Å².